The quantitative estimate of drug-likeness (QED) is 0.645. The Morgan fingerprint density at radius 3 is 3.00 bits per heavy atom. The summed E-state index contributed by atoms with van der Waals surface area (Å²) in [5.41, 5.74) is 2.30. The molecule has 3 unspecified atom stereocenters. The number of aryl methyl sites for hydroxylation is 1. The molecule has 3 atom stereocenters. The van der Waals surface area contributed by atoms with Gasteiger partial charge in [-0.1, -0.05) is 18.2 Å². The molecule has 25 heavy (non-hydrogen) atoms. The molecule has 0 saturated carbocycles. The van der Waals surface area contributed by atoms with E-state index in [9.17, 15) is 4.79 Å². The molecule has 2 N–H and O–H groups in total. The molecule has 6 nitrogen and oxygen atoms in total. The minimum Gasteiger partial charge on any atom is -0.373 e. The molecule has 2 fully saturated rings. The number of carbonyl (C=O) groups excluding carboxylic acids is 1. The lowest BCUT2D eigenvalue weighted by Crippen LogP contribution is -2.50. The molecule has 4 rings (SSSR count). The van der Waals surface area contributed by atoms with Crippen LogP contribution in [0.4, 0.5) is 5.69 Å². The van der Waals surface area contributed by atoms with Crippen molar-refractivity contribution in [3.63, 3.8) is 0 Å². The summed E-state index contributed by atoms with van der Waals surface area (Å²) in [6.45, 7) is 1.03. The van der Waals surface area contributed by atoms with E-state index in [-0.39, 0.29) is 18.6 Å². The number of hydrogen-bond donors (Lipinski definition) is 2. The standard InChI is InChI=1S/C19H26N4O2/c1-20-19(22-15-11-14-8-9-17(15)25-14)21-12-18(24)23-10-4-6-13-5-2-3-7-16(13)23/h2-3,5,7,14-15,17H,4,6,8-12H2,1H3,(H2,20,21,22). The Balaban J connectivity index is 1.34. The van der Waals surface area contributed by atoms with Crippen LogP contribution in [0.1, 0.15) is 31.2 Å². The summed E-state index contributed by atoms with van der Waals surface area (Å²) in [6, 6.07) is 8.47. The Hall–Kier alpha value is -2.08. The predicted octanol–water partition coefficient (Wildman–Crippen LogP) is 1.45. The first-order chi connectivity index (χ1) is 12.2. The SMILES string of the molecule is CN=C(NCC(=O)N1CCCc2ccccc21)NC1CC2CCC1O2. The molecule has 1 amide bonds. The number of hydrogen-bond acceptors (Lipinski definition) is 3. The molecule has 3 heterocycles. The lowest BCUT2D eigenvalue weighted by Gasteiger charge is -2.30. The van der Waals surface area contributed by atoms with Crippen molar-refractivity contribution in [3.8, 4) is 0 Å². The van der Waals surface area contributed by atoms with E-state index in [0.29, 0.717) is 18.1 Å². The zero-order chi connectivity index (χ0) is 17.2. The first kappa shape index (κ1) is 16.4. The highest BCUT2D eigenvalue weighted by Gasteiger charge is 2.41. The van der Waals surface area contributed by atoms with Crippen LogP contribution < -0.4 is 15.5 Å². The molecule has 2 bridgehead atoms. The summed E-state index contributed by atoms with van der Waals surface area (Å²) in [5, 5.41) is 6.59. The third-order valence-corrected chi connectivity index (χ3v) is 5.47. The molecule has 2 saturated heterocycles. The number of fused-ring (bicyclic) bond motifs is 3. The number of rotatable bonds is 3. The van der Waals surface area contributed by atoms with Crippen molar-refractivity contribution in [1.82, 2.24) is 10.6 Å². The third-order valence-electron chi connectivity index (χ3n) is 5.47. The molecule has 0 aliphatic carbocycles. The van der Waals surface area contributed by atoms with Crippen LogP contribution in [0.15, 0.2) is 29.3 Å². The number of guanidine groups is 1. The zero-order valence-electron chi connectivity index (χ0n) is 14.7. The topological polar surface area (TPSA) is 66.0 Å². The Labute approximate surface area is 148 Å². The molecule has 0 spiro atoms. The number of aliphatic imine (C=N–C) groups is 1. The molecular formula is C19H26N4O2. The zero-order valence-corrected chi connectivity index (χ0v) is 14.7. The van der Waals surface area contributed by atoms with Gasteiger partial charge in [-0.3, -0.25) is 9.79 Å². The summed E-state index contributed by atoms with van der Waals surface area (Å²) in [7, 11) is 1.74. The van der Waals surface area contributed by atoms with Crippen molar-refractivity contribution in [2.24, 2.45) is 4.99 Å². The highest BCUT2D eigenvalue weighted by molar-refractivity contribution is 5.98. The number of amides is 1. The average molecular weight is 342 g/mol. The lowest BCUT2D eigenvalue weighted by atomic mass is 9.96. The molecule has 0 radical (unpaired) electrons. The second-order valence-electron chi connectivity index (χ2n) is 7.06. The van der Waals surface area contributed by atoms with Gasteiger partial charge in [-0.05, 0) is 43.7 Å². The lowest BCUT2D eigenvalue weighted by molar-refractivity contribution is -0.117. The van der Waals surface area contributed by atoms with E-state index in [0.717, 1.165) is 37.9 Å². The van der Waals surface area contributed by atoms with Crippen LogP contribution in [0.5, 0.6) is 0 Å². The second kappa shape index (κ2) is 7.04. The summed E-state index contributed by atoms with van der Waals surface area (Å²) >= 11 is 0. The van der Waals surface area contributed by atoms with Gasteiger partial charge in [0, 0.05) is 19.3 Å². The van der Waals surface area contributed by atoms with Crippen molar-refractivity contribution in [3.05, 3.63) is 29.8 Å². The monoisotopic (exact) mass is 342 g/mol. The van der Waals surface area contributed by atoms with Crippen molar-refractivity contribution < 1.29 is 9.53 Å². The fourth-order valence-electron chi connectivity index (χ4n) is 4.21. The van der Waals surface area contributed by atoms with Crippen LogP contribution in [0.2, 0.25) is 0 Å². The highest BCUT2D eigenvalue weighted by Crippen LogP contribution is 2.34. The molecule has 3 aliphatic rings. The maximum atomic E-state index is 12.7. The fourth-order valence-corrected chi connectivity index (χ4v) is 4.21. The largest absolute Gasteiger partial charge is 0.373 e. The number of benzene rings is 1. The molecular weight excluding hydrogens is 316 g/mol. The Kier molecular flexibility index (Phi) is 4.61. The van der Waals surface area contributed by atoms with Gasteiger partial charge in [0.2, 0.25) is 5.91 Å². The van der Waals surface area contributed by atoms with Crippen LogP contribution in [0.3, 0.4) is 0 Å². The van der Waals surface area contributed by atoms with Crippen molar-refractivity contribution >= 4 is 17.6 Å². The van der Waals surface area contributed by atoms with E-state index in [4.69, 9.17) is 4.74 Å². The fraction of sp³-hybridized carbons (Fsp3) is 0.579. The van der Waals surface area contributed by atoms with Gasteiger partial charge < -0.3 is 20.3 Å². The predicted molar refractivity (Wildman–Crippen MR) is 97.9 cm³/mol. The van der Waals surface area contributed by atoms with Gasteiger partial charge in [0.15, 0.2) is 5.96 Å². The second-order valence-corrected chi connectivity index (χ2v) is 7.06. The summed E-state index contributed by atoms with van der Waals surface area (Å²) in [5.74, 6) is 0.763. The Morgan fingerprint density at radius 2 is 2.24 bits per heavy atom. The first-order valence-electron chi connectivity index (χ1n) is 9.25. The van der Waals surface area contributed by atoms with Gasteiger partial charge in [0.25, 0.3) is 0 Å². The number of anilines is 1. The molecule has 6 heteroatoms. The number of para-hydroxylation sites is 1. The number of ether oxygens (including phenoxy) is 1. The third kappa shape index (κ3) is 3.35. The van der Waals surface area contributed by atoms with Gasteiger partial charge in [-0.15, -0.1) is 0 Å². The molecule has 1 aromatic carbocycles. The summed E-state index contributed by atoms with van der Waals surface area (Å²) in [4.78, 5) is 18.9. The van der Waals surface area contributed by atoms with Crippen LogP contribution in [0, 0.1) is 0 Å². The smallest absolute Gasteiger partial charge is 0.246 e. The molecule has 3 aliphatic heterocycles. The van der Waals surface area contributed by atoms with E-state index in [1.807, 2.05) is 23.1 Å². The highest BCUT2D eigenvalue weighted by atomic mass is 16.5. The molecule has 134 valence electrons. The van der Waals surface area contributed by atoms with Gasteiger partial charge in [0.05, 0.1) is 24.8 Å². The van der Waals surface area contributed by atoms with Crippen molar-refractivity contribution in [2.75, 3.05) is 25.0 Å². The Morgan fingerprint density at radius 1 is 1.36 bits per heavy atom. The van der Waals surface area contributed by atoms with E-state index < -0.39 is 0 Å². The van der Waals surface area contributed by atoms with Crippen LogP contribution >= 0.6 is 0 Å². The summed E-state index contributed by atoms with van der Waals surface area (Å²) in [6.07, 6.45) is 6.04. The maximum absolute atomic E-state index is 12.7. The van der Waals surface area contributed by atoms with E-state index >= 15 is 0 Å². The maximum Gasteiger partial charge on any atom is 0.246 e. The molecule has 1 aromatic rings. The normalized spacial score (nSPS) is 28.0. The number of nitrogens with zero attached hydrogens (tertiary/aromatic N) is 2. The van der Waals surface area contributed by atoms with Crippen LogP contribution in [-0.4, -0.2) is 50.3 Å². The first-order valence-corrected chi connectivity index (χ1v) is 9.25. The van der Waals surface area contributed by atoms with E-state index in [2.05, 4.69) is 21.7 Å². The average Bonchev–Trinajstić information content (AvgIpc) is 3.27. The Bertz CT molecular complexity index is 675. The van der Waals surface area contributed by atoms with Gasteiger partial charge in [-0.25, -0.2) is 0 Å². The van der Waals surface area contributed by atoms with E-state index in [1.54, 1.807) is 7.05 Å². The van der Waals surface area contributed by atoms with Gasteiger partial charge >= 0.3 is 0 Å². The number of nitrogens with one attached hydrogen (secondary N) is 2. The molecule has 0 aromatic heterocycles. The van der Waals surface area contributed by atoms with Crippen LogP contribution in [-0.2, 0) is 16.0 Å². The number of carbonyl (C=O) groups is 1. The minimum absolute atomic E-state index is 0.0827. The van der Waals surface area contributed by atoms with E-state index in [1.165, 1.54) is 12.0 Å². The van der Waals surface area contributed by atoms with Crippen molar-refractivity contribution in [2.45, 2.75) is 50.4 Å². The summed E-state index contributed by atoms with van der Waals surface area (Å²) < 4.78 is 5.87. The van der Waals surface area contributed by atoms with Crippen molar-refractivity contribution in [1.29, 1.82) is 0 Å². The van der Waals surface area contributed by atoms with Gasteiger partial charge in [-0.2, -0.15) is 0 Å². The van der Waals surface area contributed by atoms with Gasteiger partial charge in [0.1, 0.15) is 0 Å². The van der Waals surface area contributed by atoms with Crippen LogP contribution in [0.25, 0.3) is 0 Å². The minimum atomic E-state index is 0.0827.